The lowest BCUT2D eigenvalue weighted by atomic mass is 10.1. The van der Waals surface area contributed by atoms with Crippen molar-refractivity contribution in [3.8, 4) is 0 Å². The van der Waals surface area contributed by atoms with Crippen molar-refractivity contribution in [3.05, 3.63) is 102 Å². The van der Waals surface area contributed by atoms with Crippen LogP contribution in [0, 0.1) is 0 Å². The van der Waals surface area contributed by atoms with Crippen molar-refractivity contribution in [1.29, 1.82) is 0 Å². The van der Waals surface area contributed by atoms with Crippen LogP contribution in [0.3, 0.4) is 0 Å². The number of carbonyl (C=O) groups excluding carboxylic acids is 2. The second-order valence-electron chi connectivity index (χ2n) is 7.23. The Morgan fingerprint density at radius 1 is 0.774 bits per heavy atom. The molecule has 0 radical (unpaired) electrons. The fourth-order valence-electron chi connectivity index (χ4n) is 3.66. The number of rotatable bonds is 5. The minimum Gasteiger partial charge on any atom is -0.457 e. The van der Waals surface area contributed by atoms with Crippen molar-refractivity contribution >= 4 is 39.4 Å². The fraction of sp³-hybridized carbons (Fsp3) is 0.0400. The Balaban J connectivity index is 1.28. The van der Waals surface area contributed by atoms with Crippen LogP contribution in [-0.2, 0) is 11.3 Å². The third-order valence-electron chi connectivity index (χ3n) is 5.20. The molecule has 152 valence electrons. The van der Waals surface area contributed by atoms with E-state index in [2.05, 4.69) is 15.3 Å². The van der Waals surface area contributed by atoms with Crippen LogP contribution in [0.25, 0.3) is 21.8 Å². The number of ether oxygens (including phenoxy) is 1. The van der Waals surface area contributed by atoms with Crippen LogP contribution in [0.2, 0.25) is 0 Å². The van der Waals surface area contributed by atoms with Gasteiger partial charge in [0.25, 0.3) is 5.91 Å². The van der Waals surface area contributed by atoms with Gasteiger partial charge in [0, 0.05) is 39.9 Å². The summed E-state index contributed by atoms with van der Waals surface area (Å²) in [5.74, 6) is -0.601. The van der Waals surface area contributed by atoms with Gasteiger partial charge in [0.1, 0.15) is 6.61 Å². The van der Waals surface area contributed by atoms with E-state index < -0.39 is 5.97 Å². The molecule has 0 bridgehead atoms. The maximum atomic E-state index is 12.7. The SMILES string of the molecule is O=C(Nc1cccc(COC(=O)c2c[nH]c3ccccc23)c1)c1c[nH]c2ccccc12. The molecule has 0 fully saturated rings. The summed E-state index contributed by atoms with van der Waals surface area (Å²) >= 11 is 0. The Hall–Kier alpha value is -4.32. The number of hydrogen-bond acceptors (Lipinski definition) is 3. The smallest absolute Gasteiger partial charge is 0.340 e. The van der Waals surface area contributed by atoms with Crippen molar-refractivity contribution in [2.45, 2.75) is 6.61 Å². The van der Waals surface area contributed by atoms with Gasteiger partial charge in [0.2, 0.25) is 0 Å². The lowest BCUT2D eigenvalue weighted by Crippen LogP contribution is -2.11. The molecule has 0 aliphatic rings. The molecule has 3 N–H and O–H groups in total. The minimum absolute atomic E-state index is 0.106. The predicted molar refractivity (Wildman–Crippen MR) is 120 cm³/mol. The van der Waals surface area contributed by atoms with Gasteiger partial charge in [-0.05, 0) is 29.8 Å². The maximum absolute atomic E-state index is 12.7. The maximum Gasteiger partial charge on any atom is 0.340 e. The van der Waals surface area contributed by atoms with Crippen molar-refractivity contribution < 1.29 is 14.3 Å². The van der Waals surface area contributed by atoms with Gasteiger partial charge in [0.15, 0.2) is 0 Å². The number of amides is 1. The number of aromatic nitrogens is 2. The molecule has 0 aliphatic heterocycles. The molecule has 0 saturated carbocycles. The predicted octanol–water partition coefficient (Wildman–Crippen LogP) is 5.26. The number of esters is 1. The van der Waals surface area contributed by atoms with E-state index in [4.69, 9.17) is 4.74 Å². The number of fused-ring (bicyclic) bond motifs is 2. The summed E-state index contributed by atoms with van der Waals surface area (Å²) in [4.78, 5) is 31.4. The molecule has 5 rings (SSSR count). The fourth-order valence-corrected chi connectivity index (χ4v) is 3.66. The number of H-pyrrole nitrogens is 2. The standard InChI is InChI=1S/C25H19N3O3/c29-24(20-13-26-22-10-3-1-8-18(20)22)28-17-7-5-6-16(12-17)15-31-25(30)21-14-27-23-11-4-2-9-19(21)23/h1-14,26-27H,15H2,(H,28,29). The quantitative estimate of drug-likeness (QED) is 0.346. The first-order valence-corrected chi connectivity index (χ1v) is 9.89. The summed E-state index contributed by atoms with van der Waals surface area (Å²) in [7, 11) is 0. The van der Waals surface area contributed by atoms with Crippen molar-refractivity contribution in [1.82, 2.24) is 9.97 Å². The third-order valence-corrected chi connectivity index (χ3v) is 5.20. The highest BCUT2D eigenvalue weighted by Crippen LogP contribution is 2.21. The second kappa shape index (κ2) is 7.84. The van der Waals surface area contributed by atoms with Crippen molar-refractivity contribution in [2.24, 2.45) is 0 Å². The van der Waals surface area contributed by atoms with E-state index >= 15 is 0 Å². The molecule has 6 heteroatoms. The first-order valence-electron chi connectivity index (χ1n) is 9.89. The van der Waals surface area contributed by atoms with E-state index in [1.165, 1.54) is 0 Å². The average molecular weight is 409 g/mol. The molecular formula is C25H19N3O3. The zero-order chi connectivity index (χ0) is 21.2. The van der Waals surface area contributed by atoms with E-state index in [9.17, 15) is 9.59 Å². The van der Waals surface area contributed by atoms with Gasteiger partial charge >= 0.3 is 5.97 Å². The molecule has 3 aromatic carbocycles. The minimum atomic E-state index is -0.398. The Labute approximate surface area is 177 Å². The van der Waals surface area contributed by atoms with Crippen molar-refractivity contribution in [3.63, 3.8) is 0 Å². The van der Waals surface area contributed by atoms with Crippen molar-refractivity contribution in [2.75, 3.05) is 5.32 Å². The Bertz CT molecular complexity index is 1410. The number of carbonyl (C=O) groups is 2. The van der Waals surface area contributed by atoms with Crippen LogP contribution in [0.15, 0.2) is 85.2 Å². The first-order chi connectivity index (χ1) is 15.2. The van der Waals surface area contributed by atoms with Crippen LogP contribution in [0.5, 0.6) is 0 Å². The highest BCUT2D eigenvalue weighted by molar-refractivity contribution is 6.12. The number of aromatic amines is 2. The number of nitrogens with one attached hydrogen (secondary N) is 3. The van der Waals surface area contributed by atoms with Crippen LogP contribution in [-0.4, -0.2) is 21.8 Å². The van der Waals surface area contributed by atoms with E-state index in [1.807, 2.05) is 60.7 Å². The molecule has 2 heterocycles. The van der Waals surface area contributed by atoms with Crippen LogP contribution in [0.1, 0.15) is 26.3 Å². The molecular weight excluding hydrogens is 390 g/mol. The molecule has 0 spiro atoms. The summed E-state index contributed by atoms with van der Waals surface area (Å²) < 4.78 is 5.49. The van der Waals surface area contributed by atoms with Gasteiger partial charge in [-0.3, -0.25) is 4.79 Å². The molecule has 2 aromatic heterocycles. The lowest BCUT2D eigenvalue weighted by Gasteiger charge is -2.08. The van der Waals surface area contributed by atoms with Gasteiger partial charge in [0.05, 0.1) is 11.1 Å². The Morgan fingerprint density at radius 3 is 2.16 bits per heavy atom. The largest absolute Gasteiger partial charge is 0.457 e. The van der Waals surface area contributed by atoms with Gasteiger partial charge in [-0.15, -0.1) is 0 Å². The Kier molecular flexibility index (Phi) is 4.72. The van der Waals surface area contributed by atoms with Crippen LogP contribution >= 0.6 is 0 Å². The Morgan fingerprint density at radius 2 is 1.42 bits per heavy atom. The molecule has 0 unspecified atom stereocenters. The van der Waals surface area contributed by atoms with Gasteiger partial charge in [-0.2, -0.15) is 0 Å². The van der Waals surface area contributed by atoms with E-state index in [1.54, 1.807) is 24.5 Å². The van der Waals surface area contributed by atoms with E-state index in [0.29, 0.717) is 16.8 Å². The summed E-state index contributed by atoms with van der Waals surface area (Å²) in [6.45, 7) is 0.106. The number of anilines is 1. The zero-order valence-electron chi connectivity index (χ0n) is 16.5. The number of benzene rings is 3. The first kappa shape index (κ1) is 18.7. The van der Waals surface area contributed by atoms with Gasteiger partial charge in [-0.1, -0.05) is 48.5 Å². The second-order valence-corrected chi connectivity index (χ2v) is 7.23. The average Bonchev–Trinajstić information content (AvgIpc) is 3.42. The number of hydrogen-bond donors (Lipinski definition) is 3. The molecule has 6 nitrogen and oxygen atoms in total. The molecule has 0 saturated heterocycles. The number of para-hydroxylation sites is 2. The molecule has 0 atom stereocenters. The third kappa shape index (κ3) is 3.67. The summed E-state index contributed by atoms with van der Waals surface area (Å²) in [5, 5.41) is 4.60. The molecule has 31 heavy (non-hydrogen) atoms. The monoisotopic (exact) mass is 409 g/mol. The highest BCUT2D eigenvalue weighted by atomic mass is 16.5. The van der Waals surface area contributed by atoms with E-state index in [0.717, 1.165) is 27.4 Å². The highest BCUT2D eigenvalue weighted by Gasteiger charge is 2.14. The summed E-state index contributed by atoms with van der Waals surface area (Å²) in [6.07, 6.45) is 3.36. The molecule has 5 aromatic rings. The lowest BCUT2D eigenvalue weighted by molar-refractivity contribution is 0.0475. The zero-order valence-corrected chi connectivity index (χ0v) is 16.5. The van der Waals surface area contributed by atoms with Gasteiger partial charge in [-0.25, -0.2) is 4.79 Å². The molecule has 0 aliphatic carbocycles. The molecule has 1 amide bonds. The summed E-state index contributed by atoms with van der Waals surface area (Å²) in [5.41, 5.74) is 4.29. The van der Waals surface area contributed by atoms with Crippen LogP contribution in [0.4, 0.5) is 5.69 Å². The summed E-state index contributed by atoms with van der Waals surface area (Å²) in [6, 6.07) is 22.5. The normalized spacial score (nSPS) is 11.0. The van der Waals surface area contributed by atoms with E-state index in [-0.39, 0.29) is 12.5 Å². The van der Waals surface area contributed by atoms with Gasteiger partial charge < -0.3 is 20.0 Å². The topological polar surface area (TPSA) is 87.0 Å². The van der Waals surface area contributed by atoms with Crippen LogP contribution < -0.4 is 5.32 Å².